The van der Waals surface area contributed by atoms with Gasteiger partial charge in [-0.1, -0.05) is 0 Å². The average molecular weight is 258 g/mol. The monoisotopic (exact) mass is 258 g/mol. The Morgan fingerprint density at radius 2 is 1.65 bits per heavy atom. The van der Waals surface area contributed by atoms with Gasteiger partial charge in [0.05, 0.1) is 4.90 Å². The van der Waals surface area contributed by atoms with E-state index in [1.165, 1.54) is 12.1 Å². The molecule has 17 heavy (non-hydrogen) atoms. The molecule has 6 N–H and O–H groups in total. The van der Waals surface area contributed by atoms with Crippen LogP contribution in [0.1, 0.15) is 10.4 Å². The number of urea groups is 1. The van der Waals surface area contributed by atoms with Gasteiger partial charge in [-0.15, -0.1) is 0 Å². The van der Waals surface area contributed by atoms with Gasteiger partial charge >= 0.3 is 6.03 Å². The van der Waals surface area contributed by atoms with Gasteiger partial charge in [0.15, 0.2) is 0 Å². The zero-order chi connectivity index (χ0) is 13.1. The molecule has 92 valence electrons. The van der Waals surface area contributed by atoms with Gasteiger partial charge in [-0.05, 0) is 24.3 Å². The number of nitrogens with one attached hydrogen (secondary N) is 2. The summed E-state index contributed by atoms with van der Waals surface area (Å²) >= 11 is 0. The maximum absolute atomic E-state index is 11.4. The lowest BCUT2D eigenvalue weighted by molar-refractivity contribution is 0.0964. The minimum atomic E-state index is -3.80. The average Bonchev–Trinajstić information content (AvgIpc) is 2.27. The van der Waals surface area contributed by atoms with Crippen molar-refractivity contribution in [3.63, 3.8) is 0 Å². The van der Waals surface area contributed by atoms with E-state index in [0.29, 0.717) is 0 Å². The van der Waals surface area contributed by atoms with E-state index in [9.17, 15) is 18.0 Å². The molecular weight excluding hydrogens is 248 g/mol. The molecule has 0 unspecified atom stereocenters. The second-order valence-corrected chi connectivity index (χ2v) is 4.56. The number of benzene rings is 1. The number of rotatable bonds is 2. The second kappa shape index (κ2) is 4.91. The Morgan fingerprint density at radius 1 is 1.12 bits per heavy atom. The van der Waals surface area contributed by atoms with Crippen molar-refractivity contribution in [2.45, 2.75) is 4.90 Å². The number of primary sulfonamides is 1. The van der Waals surface area contributed by atoms with Crippen molar-refractivity contribution in [1.29, 1.82) is 0 Å². The molecule has 9 heteroatoms. The topological polar surface area (TPSA) is 144 Å². The number of hydrogen-bond acceptors (Lipinski definition) is 5. The number of carbonyl (C=O) groups is 2. The lowest BCUT2D eigenvalue weighted by atomic mass is 10.2. The highest BCUT2D eigenvalue weighted by molar-refractivity contribution is 7.89. The minimum absolute atomic E-state index is 0.0981. The number of hydrogen-bond donors (Lipinski definition) is 4. The van der Waals surface area contributed by atoms with Crippen LogP contribution in [-0.2, 0) is 10.0 Å². The summed E-state index contributed by atoms with van der Waals surface area (Å²) in [6.45, 7) is 0. The van der Waals surface area contributed by atoms with Crippen LogP contribution in [0.5, 0.6) is 0 Å². The van der Waals surface area contributed by atoms with Crippen molar-refractivity contribution < 1.29 is 18.0 Å². The fourth-order valence-corrected chi connectivity index (χ4v) is 1.52. The summed E-state index contributed by atoms with van der Waals surface area (Å²) in [6.07, 6.45) is 0. The van der Waals surface area contributed by atoms with Crippen LogP contribution in [0.4, 0.5) is 4.79 Å². The fourth-order valence-electron chi connectivity index (χ4n) is 1.01. The normalized spacial score (nSPS) is 10.7. The van der Waals surface area contributed by atoms with Crippen LogP contribution < -0.4 is 21.7 Å². The van der Waals surface area contributed by atoms with E-state index in [1.54, 1.807) is 5.43 Å². The molecule has 0 saturated carbocycles. The SMILES string of the molecule is NNC(=O)NC(=O)c1ccc(S(N)(=O)=O)cc1. The third-order valence-electron chi connectivity index (χ3n) is 1.80. The molecule has 1 rings (SSSR count). The van der Waals surface area contributed by atoms with E-state index in [4.69, 9.17) is 11.0 Å². The summed E-state index contributed by atoms with van der Waals surface area (Å²) in [5.41, 5.74) is 1.81. The predicted octanol–water partition coefficient (Wildman–Crippen LogP) is -1.35. The van der Waals surface area contributed by atoms with Crippen molar-refractivity contribution >= 4 is 22.0 Å². The maximum Gasteiger partial charge on any atom is 0.335 e. The molecule has 0 spiro atoms. The van der Waals surface area contributed by atoms with E-state index in [2.05, 4.69) is 0 Å². The van der Waals surface area contributed by atoms with Gasteiger partial charge in [0.1, 0.15) is 0 Å². The highest BCUT2D eigenvalue weighted by Gasteiger charge is 2.11. The standard InChI is InChI=1S/C8H10N4O4S/c9-12-8(14)11-7(13)5-1-3-6(4-2-5)17(10,15)16/h1-4H,9H2,(H2,10,15,16)(H2,11,12,13,14). The van der Waals surface area contributed by atoms with Crippen molar-refractivity contribution in [2.24, 2.45) is 11.0 Å². The molecule has 0 saturated heterocycles. The van der Waals surface area contributed by atoms with Crippen molar-refractivity contribution in [3.8, 4) is 0 Å². The Morgan fingerprint density at radius 3 is 2.06 bits per heavy atom. The molecule has 3 amide bonds. The summed E-state index contributed by atoms with van der Waals surface area (Å²) in [5, 5.41) is 6.79. The summed E-state index contributed by atoms with van der Waals surface area (Å²) in [5.74, 6) is 4.06. The Labute approximate surface area is 97.0 Å². The first-order chi connectivity index (χ1) is 7.84. The molecule has 0 aromatic heterocycles. The molecule has 0 fully saturated rings. The van der Waals surface area contributed by atoms with Crippen LogP contribution >= 0.6 is 0 Å². The highest BCUT2D eigenvalue weighted by atomic mass is 32.2. The molecule has 8 nitrogen and oxygen atoms in total. The van der Waals surface area contributed by atoms with E-state index in [-0.39, 0.29) is 10.5 Å². The van der Waals surface area contributed by atoms with Gasteiger partial charge in [0.25, 0.3) is 5.91 Å². The first kappa shape index (κ1) is 13.1. The van der Waals surface area contributed by atoms with Gasteiger partial charge in [0, 0.05) is 5.56 Å². The Hall–Kier alpha value is -1.97. The molecule has 1 aromatic rings. The van der Waals surface area contributed by atoms with Gasteiger partial charge in [0.2, 0.25) is 10.0 Å². The first-order valence-corrected chi connectivity index (χ1v) is 5.84. The molecule has 0 radical (unpaired) electrons. The number of amides is 3. The fraction of sp³-hybridized carbons (Fsp3) is 0. The number of imide groups is 1. The quantitative estimate of drug-likeness (QED) is 0.294. The summed E-state index contributed by atoms with van der Waals surface area (Å²) < 4.78 is 21.9. The Bertz CT molecular complexity index is 537. The van der Waals surface area contributed by atoms with E-state index >= 15 is 0 Å². The lowest BCUT2D eigenvalue weighted by Crippen LogP contribution is -2.42. The number of hydrazine groups is 1. The van der Waals surface area contributed by atoms with Crippen molar-refractivity contribution in [1.82, 2.24) is 10.7 Å². The molecule has 0 heterocycles. The molecule has 1 aromatic carbocycles. The van der Waals surface area contributed by atoms with E-state index < -0.39 is 22.0 Å². The molecular formula is C8H10N4O4S. The summed E-state index contributed by atoms with van der Waals surface area (Å²) in [6, 6.07) is 3.89. The predicted molar refractivity (Wildman–Crippen MR) is 58.0 cm³/mol. The summed E-state index contributed by atoms with van der Waals surface area (Å²) in [7, 11) is -3.80. The maximum atomic E-state index is 11.4. The first-order valence-electron chi connectivity index (χ1n) is 4.29. The van der Waals surface area contributed by atoms with Gasteiger partial charge in [-0.3, -0.25) is 15.5 Å². The third-order valence-corrected chi connectivity index (χ3v) is 2.73. The van der Waals surface area contributed by atoms with Gasteiger partial charge in [-0.25, -0.2) is 24.2 Å². The smallest absolute Gasteiger partial charge is 0.276 e. The zero-order valence-corrected chi connectivity index (χ0v) is 9.32. The van der Waals surface area contributed by atoms with Gasteiger partial charge in [-0.2, -0.15) is 0 Å². The van der Waals surface area contributed by atoms with Crippen molar-refractivity contribution in [3.05, 3.63) is 29.8 Å². The lowest BCUT2D eigenvalue weighted by Gasteiger charge is -2.03. The molecule has 0 aliphatic rings. The molecule has 0 aliphatic carbocycles. The molecule has 0 atom stereocenters. The minimum Gasteiger partial charge on any atom is -0.276 e. The highest BCUT2D eigenvalue weighted by Crippen LogP contribution is 2.08. The van der Waals surface area contributed by atoms with Crippen LogP contribution in [0.25, 0.3) is 0 Å². The van der Waals surface area contributed by atoms with Crippen LogP contribution in [0.2, 0.25) is 0 Å². The van der Waals surface area contributed by atoms with E-state index in [0.717, 1.165) is 12.1 Å². The Balaban J connectivity index is 2.88. The van der Waals surface area contributed by atoms with Crippen LogP contribution in [0.3, 0.4) is 0 Å². The van der Waals surface area contributed by atoms with Crippen LogP contribution in [0.15, 0.2) is 29.2 Å². The molecule has 0 bridgehead atoms. The number of sulfonamides is 1. The van der Waals surface area contributed by atoms with E-state index in [1.807, 2.05) is 5.32 Å². The second-order valence-electron chi connectivity index (χ2n) is 3.00. The number of nitrogens with two attached hydrogens (primary N) is 2. The third kappa shape index (κ3) is 3.52. The largest absolute Gasteiger partial charge is 0.335 e. The molecule has 0 aliphatic heterocycles. The summed E-state index contributed by atoms with van der Waals surface area (Å²) in [4.78, 5) is 22.0. The van der Waals surface area contributed by atoms with Crippen LogP contribution in [0, 0.1) is 0 Å². The number of carbonyl (C=O) groups excluding carboxylic acids is 2. The zero-order valence-electron chi connectivity index (χ0n) is 8.51. The van der Waals surface area contributed by atoms with Crippen LogP contribution in [-0.4, -0.2) is 20.4 Å². The Kier molecular flexibility index (Phi) is 3.78. The van der Waals surface area contributed by atoms with Crippen molar-refractivity contribution in [2.75, 3.05) is 0 Å². The van der Waals surface area contributed by atoms with Gasteiger partial charge < -0.3 is 0 Å².